The number of nitrogens with two attached hydrogens (primary N) is 1. The molecule has 106 valence electrons. The average molecular weight is 282 g/mol. The molecule has 2 nitrogen and oxygen atoms in total. The second-order valence-corrected chi connectivity index (χ2v) is 6.37. The highest BCUT2D eigenvalue weighted by Crippen LogP contribution is 2.31. The quantitative estimate of drug-likeness (QED) is 0.898. The maximum atomic E-state index is 6.30. The average Bonchev–Trinajstić information content (AvgIpc) is 2.32. The Bertz CT molecular complexity index is 419. The Morgan fingerprint density at radius 3 is 2.84 bits per heavy atom. The molecule has 2 N–H and O–H groups in total. The molecule has 1 aliphatic rings. The normalized spacial score (nSPS) is 25.1. The van der Waals surface area contributed by atoms with Crippen molar-refractivity contribution >= 4 is 11.6 Å². The summed E-state index contributed by atoms with van der Waals surface area (Å²) >= 11 is 6.30. The van der Waals surface area contributed by atoms with E-state index in [1.807, 2.05) is 19.1 Å². The van der Waals surface area contributed by atoms with E-state index in [4.69, 9.17) is 22.1 Å². The molecule has 19 heavy (non-hydrogen) atoms. The first-order valence-electron chi connectivity index (χ1n) is 7.25. The predicted octanol–water partition coefficient (Wildman–Crippen LogP) is 4.19. The molecule has 0 heterocycles. The fourth-order valence-corrected chi connectivity index (χ4v) is 3.05. The van der Waals surface area contributed by atoms with Gasteiger partial charge in [0.25, 0.3) is 0 Å². The molecule has 3 heteroatoms. The molecule has 1 fully saturated rings. The Labute approximate surface area is 121 Å². The fraction of sp³-hybridized carbons (Fsp3) is 0.625. The highest BCUT2D eigenvalue weighted by atomic mass is 35.5. The fourth-order valence-electron chi connectivity index (χ4n) is 2.80. The number of ether oxygens (including phenoxy) is 1. The minimum absolute atomic E-state index is 0.155. The summed E-state index contributed by atoms with van der Waals surface area (Å²) in [6, 6.07) is 6.19. The van der Waals surface area contributed by atoms with Crippen LogP contribution < -0.4 is 10.5 Å². The van der Waals surface area contributed by atoms with Crippen molar-refractivity contribution in [2.45, 2.75) is 58.1 Å². The molecule has 0 radical (unpaired) electrons. The predicted molar refractivity (Wildman–Crippen MR) is 80.9 cm³/mol. The van der Waals surface area contributed by atoms with Gasteiger partial charge in [-0.15, -0.1) is 0 Å². The second-order valence-electron chi connectivity index (χ2n) is 5.96. The lowest BCUT2D eigenvalue weighted by Gasteiger charge is -2.27. The molecule has 0 saturated heterocycles. The number of hydrogen-bond donors (Lipinski definition) is 1. The first-order valence-corrected chi connectivity index (χ1v) is 7.63. The highest BCUT2D eigenvalue weighted by molar-refractivity contribution is 6.32. The molecule has 0 amide bonds. The molecular formula is C16H24ClNO. The number of rotatable bonds is 4. The zero-order chi connectivity index (χ0) is 13.8. The zero-order valence-electron chi connectivity index (χ0n) is 11.9. The lowest BCUT2D eigenvalue weighted by atomic mass is 9.89. The van der Waals surface area contributed by atoms with Crippen molar-refractivity contribution in [3.63, 3.8) is 0 Å². The summed E-state index contributed by atoms with van der Waals surface area (Å²) in [4.78, 5) is 0. The van der Waals surface area contributed by atoms with Gasteiger partial charge in [-0.3, -0.25) is 0 Å². The molecule has 0 bridgehead atoms. The van der Waals surface area contributed by atoms with Gasteiger partial charge in [0.05, 0.1) is 11.1 Å². The van der Waals surface area contributed by atoms with Gasteiger partial charge in [0, 0.05) is 6.04 Å². The smallest absolute Gasteiger partial charge is 0.138 e. The Morgan fingerprint density at radius 2 is 2.21 bits per heavy atom. The molecule has 3 unspecified atom stereocenters. The number of halogens is 1. The summed E-state index contributed by atoms with van der Waals surface area (Å²) in [7, 11) is 0. The van der Waals surface area contributed by atoms with Gasteiger partial charge in [-0.05, 0) is 56.2 Å². The van der Waals surface area contributed by atoms with E-state index in [1.165, 1.54) is 18.4 Å². The van der Waals surface area contributed by atoms with Crippen LogP contribution in [0.25, 0.3) is 0 Å². The summed E-state index contributed by atoms with van der Waals surface area (Å²) in [5, 5.41) is 0.705. The molecule has 1 aromatic carbocycles. The summed E-state index contributed by atoms with van der Waals surface area (Å²) in [5.41, 5.74) is 6.97. The summed E-state index contributed by atoms with van der Waals surface area (Å²) in [6.07, 6.45) is 6.02. The van der Waals surface area contributed by atoms with E-state index in [-0.39, 0.29) is 6.04 Å². The number of benzene rings is 1. The van der Waals surface area contributed by atoms with Gasteiger partial charge < -0.3 is 10.5 Å². The molecule has 2 rings (SSSR count). The third-order valence-electron chi connectivity index (χ3n) is 3.74. The molecule has 1 saturated carbocycles. The van der Waals surface area contributed by atoms with Crippen LogP contribution in [0.3, 0.4) is 0 Å². The first kappa shape index (κ1) is 14.7. The van der Waals surface area contributed by atoms with Crippen LogP contribution in [0, 0.1) is 5.92 Å². The minimum atomic E-state index is 0.155. The molecule has 0 aliphatic heterocycles. The monoisotopic (exact) mass is 281 g/mol. The van der Waals surface area contributed by atoms with Crippen molar-refractivity contribution < 1.29 is 4.74 Å². The minimum Gasteiger partial charge on any atom is -0.489 e. The Kier molecular flexibility index (Phi) is 5.12. The topological polar surface area (TPSA) is 35.2 Å². The molecule has 1 aromatic rings. The second kappa shape index (κ2) is 6.62. The maximum Gasteiger partial charge on any atom is 0.138 e. The lowest BCUT2D eigenvalue weighted by molar-refractivity contribution is 0.129. The van der Waals surface area contributed by atoms with E-state index in [0.717, 1.165) is 30.9 Å². The SMILES string of the molecule is CC(N)Cc1ccc(OC2CCCC(C)C2)c(Cl)c1. The molecular weight excluding hydrogens is 258 g/mol. The van der Waals surface area contributed by atoms with E-state index in [1.54, 1.807) is 0 Å². The molecule has 1 aliphatic carbocycles. The summed E-state index contributed by atoms with van der Waals surface area (Å²) < 4.78 is 6.05. The third kappa shape index (κ3) is 4.39. The Hall–Kier alpha value is -0.730. The molecule has 3 atom stereocenters. The number of hydrogen-bond acceptors (Lipinski definition) is 2. The van der Waals surface area contributed by atoms with Crippen molar-refractivity contribution in [2.24, 2.45) is 11.7 Å². The van der Waals surface area contributed by atoms with Crippen LogP contribution in [0.15, 0.2) is 18.2 Å². The van der Waals surface area contributed by atoms with Gasteiger partial charge in [0.1, 0.15) is 5.75 Å². The van der Waals surface area contributed by atoms with Crippen LogP contribution in [-0.4, -0.2) is 12.1 Å². The first-order chi connectivity index (χ1) is 9.04. The molecule has 0 aromatic heterocycles. The van der Waals surface area contributed by atoms with Crippen LogP contribution in [0.1, 0.15) is 45.1 Å². The van der Waals surface area contributed by atoms with Gasteiger partial charge in [-0.1, -0.05) is 31.0 Å². The van der Waals surface area contributed by atoms with Crippen LogP contribution in [-0.2, 0) is 6.42 Å². The standard InChI is InChI=1S/C16H24ClNO/c1-11-4-3-5-14(8-11)19-16-7-6-13(9-12(2)18)10-15(16)17/h6-7,10-12,14H,3-5,8-9,18H2,1-2H3. The van der Waals surface area contributed by atoms with E-state index in [0.29, 0.717) is 11.1 Å². The van der Waals surface area contributed by atoms with Gasteiger partial charge in [-0.25, -0.2) is 0 Å². The van der Waals surface area contributed by atoms with Gasteiger partial charge in [0.2, 0.25) is 0 Å². The van der Waals surface area contributed by atoms with Crippen molar-refractivity contribution in [1.29, 1.82) is 0 Å². The van der Waals surface area contributed by atoms with Crippen LogP contribution in [0.4, 0.5) is 0 Å². The van der Waals surface area contributed by atoms with Crippen molar-refractivity contribution in [3.8, 4) is 5.75 Å². The Balaban J connectivity index is 2.00. The summed E-state index contributed by atoms with van der Waals surface area (Å²) in [5.74, 6) is 1.57. The lowest BCUT2D eigenvalue weighted by Crippen LogP contribution is -2.24. The van der Waals surface area contributed by atoms with Gasteiger partial charge in [-0.2, -0.15) is 0 Å². The van der Waals surface area contributed by atoms with Gasteiger partial charge >= 0.3 is 0 Å². The van der Waals surface area contributed by atoms with Crippen molar-refractivity contribution in [1.82, 2.24) is 0 Å². The van der Waals surface area contributed by atoms with E-state index >= 15 is 0 Å². The largest absolute Gasteiger partial charge is 0.489 e. The van der Waals surface area contributed by atoms with E-state index < -0.39 is 0 Å². The van der Waals surface area contributed by atoms with Gasteiger partial charge in [0.15, 0.2) is 0 Å². The van der Waals surface area contributed by atoms with Crippen LogP contribution in [0.5, 0.6) is 5.75 Å². The van der Waals surface area contributed by atoms with Crippen molar-refractivity contribution in [3.05, 3.63) is 28.8 Å². The van der Waals surface area contributed by atoms with E-state index in [9.17, 15) is 0 Å². The van der Waals surface area contributed by atoms with Crippen LogP contribution >= 0.6 is 11.6 Å². The van der Waals surface area contributed by atoms with E-state index in [2.05, 4.69) is 13.0 Å². The van der Waals surface area contributed by atoms with Crippen molar-refractivity contribution in [2.75, 3.05) is 0 Å². The third-order valence-corrected chi connectivity index (χ3v) is 4.03. The zero-order valence-corrected chi connectivity index (χ0v) is 12.6. The molecule has 0 spiro atoms. The highest BCUT2D eigenvalue weighted by Gasteiger charge is 2.21. The Morgan fingerprint density at radius 1 is 1.42 bits per heavy atom. The maximum absolute atomic E-state index is 6.30. The van der Waals surface area contributed by atoms with Crippen LogP contribution in [0.2, 0.25) is 5.02 Å². The summed E-state index contributed by atoms with van der Waals surface area (Å²) in [6.45, 7) is 4.30.